The van der Waals surface area contributed by atoms with Gasteiger partial charge in [0.2, 0.25) is 0 Å². The maximum Gasteiger partial charge on any atom is 0.335 e. The Bertz CT molecular complexity index is 281. The van der Waals surface area contributed by atoms with Gasteiger partial charge in [0.15, 0.2) is 6.10 Å². The Hall–Kier alpha value is -0.870. The molecule has 4 heteroatoms. The third-order valence-electron chi connectivity index (χ3n) is 1.83. The van der Waals surface area contributed by atoms with Crippen LogP contribution in [0.4, 0.5) is 0 Å². The summed E-state index contributed by atoms with van der Waals surface area (Å²) in [7, 11) is 0. The van der Waals surface area contributed by atoms with Crippen LogP contribution in [0.1, 0.15) is 17.4 Å². The average Bonchev–Trinajstić information content (AvgIpc) is 2.61. The monoisotopic (exact) mass is 184 g/mol. The second-order valence-electron chi connectivity index (χ2n) is 2.69. The molecule has 2 rings (SSSR count). The van der Waals surface area contributed by atoms with Crippen molar-refractivity contribution in [1.82, 2.24) is 0 Å². The molecule has 1 fully saturated rings. The van der Waals surface area contributed by atoms with Crippen molar-refractivity contribution in [3.8, 4) is 0 Å². The van der Waals surface area contributed by atoms with Crippen LogP contribution in [0.3, 0.4) is 0 Å². The third-order valence-corrected chi connectivity index (χ3v) is 2.79. The maximum absolute atomic E-state index is 10.8. The Morgan fingerprint density at radius 1 is 1.67 bits per heavy atom. The van der Waals surface area contributed by atoms with Gasteiger partial charge < -0.3 is 9.84 Å². The van der Waals surface area contributed by atoms with Crippen molar-refractivity contribution < 1.29 is 14.6 Å². The zero-order valence-electron chi connectivity index (χ0n) is 6.27. The fraction of sp³-hybridized carbons (Fsp3) is 0.375. The molecule has 12 heavy (non-hydrogen) atoms. The number of aliphatic hydroxyl groups is 1. The van der Waals surface area contributed by atoms with Gasteiger partial charge in [0, 0.05) is 11.3 Å². The SMILES string of the molecule is O=C1O[C@H](c2cccs2)C[C@H]1O. The molecule has 0 unspecified atom stereocenters. The molecule has 2 atom stereocenters. The average molecular weight is 184 g/mol. The largest absolute Gasteiger partial charge is 0.455 e. The number of cyclic esters (lactones) is 1. The first kappa shape index (κ1) is 7.76. The molecule has 1 aliphatic heterocycles. The van der Waals surface area contributed by atoms with Crippen LogP contribution in [-0.2, 0) is 9.53 Å². The summed E-state index contributed by atoms with van der Waals surface area (Å²) in [5, 5.41) is 11.0. The Balaban J connectivity index is 2.14. The Labute approximate surface area is 73.6 Å². The summed E-state index contributed by atoms with van der Waals surface area (Å²) in [5.74, 6) is -0.506. The van der Waals surface area contributed by atoms with Gasteiger partial charge in [0.05, 0.1) is 0 Å². The molecule has 1 saturated heterocycles. The van der Waals surface area contributed by atoms with Crippen LogP contribution < -0.4 is 0 Å². The molecule has 1 aliphatic rings. The number of aliphatic hydroxyl groups excluding tert-OH is 1. The first-order valence-electron chi connectivity index (χ1n) is 3.69. The predicted molar refractivity (Wildman–Crippen MR) is 43.8 cm³/mol. The number of thiophene rings is 1. The van der Waals surface area contributed by atoms with Crippen LogP contribution in [0.25, 0.3) is 0 Å². The van der Waals surface area contributed by atoms with Crippen molar-refractivity contribution in [3.63, 3.8) is 0 Å². The summed E-state index contributed by atoms with van der Waals surface area (Å²) in [6.07, 6.45) is -0.774. The van der Waals surface area contributed by atoms with Gasteiger partial charge in [-0.1, -0.05) is 6.07 Å². The predicted octanol–water partition coefficient (Wildman–Crippen LogP) is 1.10. The molecular weight excluding hydrogens is 176 g/mol. The lowest BCUT2D eigenvalue weighted by molar-refractivity contribution is -0.147. The highest BCUT2D eigenvalue weighted by molar-refractivity contribution is 7.10. The highest BCUT2D eigenvalue weighted by atomic mass is 32.1. The van der Waals surface area contributed by atoms with Crippen molar-refractivity contribution >= 4 is 17.3 Å². The number of ether oxygens (including phenoxy) is 1. The minimum Gasteiger partial charge on any atom is -0.455 e. The van der Waals surface area contributed by atoms with Crippen LogP contribution in [0.2, 0.25) is 0 Å². The van der Waals surface area contributed by atoms with Gasteiger partial charge in [-0.15, -0.1) is 11.3 Å². The van der Waals surface area contributed by atoms with Crippen LogP contribution in [0, 0.1) is 0 Å². The second-order valence-corrected chi connectivity index (χ2v) is 3.67. The lowest BCUT2D eigenvalue weighted by atomic mass is 10.2. The lowest BCUT2D eigenvalue weighted by Gasteiger charge is -2.03. The molecule has 1 aromatic rings. The molecule has 0 spiro atoms. The smallest absolute Gasteiger partial charge is 0.335 e. The molecular formula is C8H8O3S. The summed E-state index contributed by atoms with van der Waals surface area (Å²) >= 11 is 1.54. The zero-order chi connectivity index (χ0) is 8.55. The Kier molecular flexibility index (Phi) is 1.86. The molecule has 0 saturated carbocycles. The Morgan fingerprint density at radius 3 is 3.00 bits per heavy atom. The van der Waals surface area contributed by atoms with Gasteiger partial charge in [0.1, 0.15) is 6.10 Å². The van der Waals surface area contributed by atoms with E-state index in [0.717, 1.165) is 4.88 Å². The van der Waals surface area contributed by atoms with Crippen LogP contribution in [-0.4, -0.2) is 17.2 Å². The van der Waals surface area contributed by atoms with E-state index in [4.69, 9.17) is 9.84 Å². The van der Waals surface area contributed by atoms with E-state index < -0.39 is 12.1 Å². The number of esters is 1. The normalized spacial score (nSPS) is 28.9. The van der Waals surface area contributed by atoms with Gasteiger partial charge in [-0.3, -0.25) is 0 Å². The van der Waals surface area contributed by atoms with Crippen molar-refractivity contribution in [1.29, 1.82) is 0 Å². The minimum atomic E-state index is -0.933. The van der Waals surface area contributed by atoms with Crippen LogP contribution >= 0.6 is 11.3 Å². The van der Waals surface area contributed by atoms with Crippen molar-refractivity contribution in [2.75, 3.05) is 0 Å². The highest BCUT2D eigenvalue weighted by Gasteiger charge is 2.34. The number of rotatable bonds is 1. The van der Waals surface area contributed by atoms with E-state index in [1.54, 1.807) is 0 Å². The topological polar surface area (TPSA) is 46.5 Å². The van der Waals surface area contributed by atoms with Gasteiger partial charge in [0.25, 0.3) is 0 Å². The quantitative estimate of drug-likeness (QED) is 0.665. The van der Waals surface area contributed by atoms with Gasteiger partial charge >= 0.3 is 5.97 Å². The van der Waals surface area contributed by atoms with Crippen LogP contribution in [0.15, 0.2) is 17.5 Å². The molecule has 0 aliphatic carbocycles. The number of carbonyl (C=O) groups is 1. The van der Waals surface area contributed by atoms with E-state index in [9.17, 15) is 4.79 Å². The summed E-state index contributed by atoms with van der Waals surface area (Å²) in [5.41, 5.74) is 0. The van der Waals surface area contributed by atoms with E-state index >= 15 is 0 Å². The van der Waals surface area contributed by atoms with Gasteiger partial charge in [-0.25, -0.2) is 4.79 Å². The van der Waals surface area contributed by atoms with Crippen molar-refractivity contribution in [2.24, 2.45) is 0 Å². The fourth-order valence-corrected chi connectivity index (χ4v) is 1.98. The summed E-state index contributed by atoms with van der Waals surface area (Å²) < 4.78 is 4.94. The first-order chi connectivity index (χ1) is 5.77. The fourth-order valence-electron chi connectivity index (χ4n) is 1.21. The first-order valence-corrected chi connectivity index (χ1v) is 4.57. The molecule has 1 aromatic heterocycles. The number of carbonyl (C=O) groups excluding carboxylic acids is 1. The van der Waals surface area contributed by atoms with Crippen molar-refractivity contribution in [3.05, 3.63) is 22.4 Å². The summed E-state index contributed by atoms with van der Waals surface area (Å²) in [4.78, 5) is 11.8. The summed E-state index contributed by atoms with van der Waals surface area (Å²) in [6, 6.07) is 3.80. The molecule has 3 nitrogen and oxygen atoms in total. The Morgan fingerprint density at radius 2 is 2.50 bits per heavy atom. The second kappa shape index (κ2) is 2.88. The van der Waals surface area contributed by atoms with Gasteiger partial charge in [-0.2, -0.15) is 0 Å². The van der Waals surface area contributed by atoms with E-state index in [0.29, 0.717) is 6.42 Å². The summed E-state index contributed by atoms with van der Waals surface area (Å²) in [6.45, 7) is 0. The van der Waals surface area contributed by atoms with E-state index in [1.807, 2.05) is 17.5 Å². The molecule has 2 heterocycles. The third kappa shape index (κ3) is 1.23. The zero-order valence-corrected chi connectivity index (χ0v) is 7.08. The number of hydrogen-bond donors (Lipinski definition) is 1. The van der Waals surface area contributed by atoms with E-state index in [-0.39, 0.29) is 6.10 Å². The van der Waals surface area contributed by atoms with E-state index in [2.05, 4.69) is 0 Å². The minimum absolute atomic E-state index is 0.229. The molecule has 0 bridgehead atoms. The molecule has 1 N–H and O–H groups in total. The standard InChI is InChI=1S/C8H8O3S/c9-5-4-6(11-8(5)10)7-2-1-3-12-7/h1-3,5-6,9H,4H2/t5-,6+/m1/s1. The molecule has 0 amide bonds. The molecule has 0 radical (unpaired) electrons. The van der Waals surface area contributed by atoms with Gasteiger partial charge in [-0.05, 0) is 11.4 Å². The molecule has 0 aromatic carbocycles. The molecule has 64 valence electrons. The van der Waals surface area contributed by atoms with Crippen molar-refractivity contribution in [2.45, 2.75) is 18.6 Å². The van der Waals surface area contributed by atoms with Crippen LogP contribution in [0.5, 0.6) is 0 Å². The number of hydrogen-bond acceptors (Lipinski definition) is 4. The highest BCUT2D eigenvalue weighted by Crippen LogP contribution is 2.32. The lowest BCUT2D eigenvalue weighted by Crippen LogP contribution is -2.11. The van der Waals surface area contributed by atoms with E-state index in [1.165, 1.54) is 11.3 Å². The maximum atomic E-state index is 10.8.